The number of hydrogen-bond acceptors (Lipinski definition) is 5. The molecule has 1 aromatic rings. The van der Waals surface area contributed by atoms with Crippen LogP contribution in [0.15, 0.2) is 12.1 Å². The van der Waals surface area contributed by atoms with Gasteiger partial charge in [-0.05, 0) is 19.1 Å². The molecule has 0 saturated carbocycles. The second-order valence-corrected chi connectivity index (χ2v) is 3.87. The first kappa shape index (κ1) is 13.5. The summed E-state index contributed by atoms with van der Waals surface area (Å²) >= 11 is 5.73. The highest BCUT2D eigenvalue weighted by Crippen LogP contribution is 2.45. The number of carbonyl (C=O) groups is 2. The fraction of sp³-hybridized carbons (Fsp3) is 0.273. The van der Waals surface area contributed by atoms with Gasteiger partial charge in [-0.2, -0.15) is 0 Å². The quantitative estimate of drug-likeness (QED) is 0.486. The topological polar surface area (TPSA) is 61.8 Å². The molecule has 5 nitrogen and oxygen atoms in total. The Balaban J connectivity index is 2.45. The maximum atomic E-state index is 12.9. The molecule has 0 radical (unpaired) electrons. The summed E-state index contributed by atoms with van der Waals surface area (Å²) in [6.45, 7) is 1.46. The highest BCUT2D eigenvalue weighted by Gasteiger charge is 2.46. The summed E-state index contributed by atoms with van der Waals surface area (Å²) in [6, 6.07) is 2.26. The van der Waals surface area contributed by atoms with E-state index in [0.29, 0.717) is 0 Å². The van der Waals surface area contributed by atoms with Gasteiger partial charge in [0, 0.05) is 0 Å². The van der Waals surface area contributed by atoms with E-state index in [-0.39, 0.29) is 17.4 Å². The molecule has 0 bridgehead atoms. The second kappa shape index (κ2) is 4.65. The van der Waals surface area contributed by atoms with Crippen LogP contribution < -0.4 is 9.47 Å². The van der Waals surface area contributed by atoms with E-state index in [1.165, 1.54) is 6.92 Å². The van der Waals surface area contributed by atoms with Crippen molar-refractivity contribution in [3.05, 3.63) is 22.7 Å². The zero-order valence-electron chi connectivity index (χ0n) is 9.54. The van der Waals surface area contributed by atoms with Gasteiger partial charge < -0.3 is 14.2 Å². The minimum atomic E-state index is -3.91. The molecule has 8 heteroatoms. The fourth-order valence-electron chi connectivity index (χ4n) is 1.50. The SMILES string of the molecule is CCOC(=O)C(=O)c1c(Cl)ccc2c1OC(F)(F)O2. The third-order valence-electron chi connectivity index (χ3n) is 2.21. The lowest BCUT2D eigenvalue weighted by atomic mass is 10.1. The minimum Gasteiger partial charge on any atom is -0.460 e. The van der Waals surface area contributed by atoms with Gasteiger partial charge in [-0.15, -0.1) is 8.78 Å². The van der Waals surface area contributed by atoms with Gasteiger partial charge in [0.15, 0.2) is 11.5 Å². The van der Waals surface area contributed by atoms with E-state index in [1.54, 1.807) is 0 Å². The Morgan fingerprint density at radius 2 is 2.05 bits per heavy atom. The number of carbonyl (C=O) groups excluding carboxylic acids is 2. The molecule has 0 aliphatic carbocycles. The Morgan fingerprint density at radius 3 is 2.68 bits per heavy atom. The molecule has 1 aromatic carbocycles. The van der Waals surface area contributed by atoms with Crippen LogP contribution >= 0.6 is 11.6 Å². The molecule has 0 spiro atoms. The van der Waals surface area contributed by atoms with Crippen LogP contribution in [0.1, 0.15) is 17.3 Å². The molecule has 2 rings (SSSR count). The lowest BCUT2D eigenvalue weighted by Crippen LogP contribution is -2.26. The van der Waals surface area contributed by atoms with Crippen molar-refractivity contribution < 1.29 is 32.6 Å². The van der Waals surface area contributed by atoms with Gasteiger partial charge >= 0.3 is 12.3 Å². The zero-order chi connectivity index (χ0) is 14.2. The molecule has 0 unspecified atom stereocenters. The molecule has 0 saturated heterocycles. The number of hydrogen-bond donors (Lipinski definition) is 0. The average Bonchev–Trinajstić information content (AvgIpc) is 2.63. The van der Waals surface area contributed by atoms with Crippen molar-refractivity contribution >= 4 is 23.4 Å². The lowest BCUT2D eigenvalue weighted by Gasteiger charge is -2.07. The van der Waals surface area contributed by atoms with Crippen LogP contribution in [-0.2, 0) is 9.53 Å². The summed E-state index contributed by atoms with van der Waals surface area (Å²) < 4.78 is 38.7. The van der Waals surface area contributed by atoms with E-state index >= 15 is 0 Å². The Hall–Kier alpha value is -1.89. The van der Waals surface area contributed by atoms with E-state index in [9.17, 15) is 18.4 Å². The maximum absolute atomic E-state index is 12.9. The highest BCUT2D eigenvalue weighted by molar-refractivity contribution is 6.46. The molecule has 19 heavy (non-hydrogen) atoms. The summed E-state index contributed by atoms with van der Waals surface area (Å²) in [5.41, 5.74) is -0.505. The van der Waals surface area contributed by atoms with Gasteiger partial charge in [0.1, 0.15) is 0 Å². The third kappa shape index (κ3) is 2.46. The lowest BCUT2D eigenvalue weighted by molar-refractivity contribution is -0.286. The van der Waals surface area contributed by atoms with Crippen LogP contribution in [0.2, 0.25) is 5.02 Å². The zero-order valence-corrected chi connectivity index (χ0v) is 10.3. The van der Waals surface area contributed by atoms with Crippen LogP contribution in [-0.4, -0.2) is 24.7 Å². The molecule has 0 aromatic heterocycles. The van der Waals surface area contributed by atoms with Gasteiger partial charge in [-0.3, -0.25) is 4.79 Å². The molecular weight excluding hydrogens is 286 g/mol. The van der Waals surface area contributed by atoms with Crippen LogP contribution in [0, 0.1) is 0 Å². The van der Waals surface area contributed by atoms with E-state index in [1.807, 2.05) is 0 Å². The predicted octanol–water partition coefficient (Wildman–Crippen LogP) is 2.41. The minimum absolute atomic E-state index is 0.0370. The van der Waals surface area contributed by atoms with E-state index in [2.05, 4.69) is 14.2 Å². The monoisotopic (exact) mass is 292 g/mol. The van der Waals surface area contributed by atoms with E-state index in [4.69, 9.17) is 11.6 Å². The van der Waals surface area contributed by atoms with Crippen LogP contribution in [0.4, 0.5) is 8.78 Å². The summed E-state index contributed by atoms with van der Waals surface area (Å²) in [6.07, 6.45) is -3.91. The van der Waals surface area contributed by atoms with Crippen molar-refractivity contribution in [2.75, 3.05) is 6.61 Å². The average molecular weight is 293 g/mol. The fourth-order valence-corrected chi connectivity index (χ4v) is 1.73. The van der Waals surface area contributed by atoms with E-state index in [0.717, 1.165) is 12.1 Å². The molecule has 1 aliphatic heterocycles. The van der Waals surface area contributed by atoms with Crippen LogP contribution in [0.5, 0.6) is 11.5 Å². The summed E-state index contributed by atoms with van der Waals surface area (Å²) in [4.78, 5) is 23.1. The molecular formula is C11H7ClF2O5. The van der Waals surface area contributed by atoms with Gasteiger partial charge in [0.05, 0.1) is 17.2 Å². The Bertz CT molecular complexity index is 558. The number of rotatable bonds is 3. The predicted molar refractivity (Wildman–Crippen MR) is 58.6 cm³/mol. The van der Waals surface area contributed by atoms with Crippen LogP contribution in [0.25, 0.3) is 0 Å². The largest absolute Gasteiger partial charge is 0.586 e. The first-order valence-corrected chi connectivity index (χ1v) is 5.53. The molecule has 0 fully saturated rings. The molecule has 1 aliphatic rings. The van der Waals surface area contributed by atoms with Gasteiger partial charge in [-0.1, -0.05) is 11.6 Å². The Labute approximate surface area is 111 Å². The number of benzene rings is 1. The van der Waals surface area contributed by atoms with Gasteiger partial charge in [0.25, 0.3) is 5.78 Å². The van der Waals surface area contributed by atoms with Crippen molar-refractivity contribution in [2.45, 2.75) is 13.2 Å². The number of alkyl halides is 2. The first-order valence-electron chi connectivity index (χ1n) is 5.15. The first-order chi connectivity index (χ1) is 8.85. The third-order valence-corrected chi connectivity index (χ3v) is 2.52. The number of ether oxygens (including phenoxy) is 3. The number of ketones is 1. The van der Waals surface area contributed by atoms with Gasteiger partial charge in [-0.25, -0.2) is 4.79 Å². The van der Waals surface area contributed by atoms with Crippen molar-refractivity contribution in [3.8, 4) is 11.5 Å². The van der Waals surface area contributed by atoms with Crippen molar-refractivity contribution in [2.24, 2.45) is 0 Å². The van der Waals surface area contributed by atoms with Crippen molar-refractivity contribution in [1.29, 1.82) is 0 Å². The smallest absolute Gasteiger partial charge is 0.460 e. The molecule has 0 atom stereocenters. The van der Waals surface area contributed by atoms with Crippen molar-refractivity contribution in [1.82, 2.24) is 0 Å². The standard InChI is InChI=1S/C11H7ClF2O5/c1-2-17-10(16)8(15)7-5(12)3-4-6-9(7)19-11(13,14)18-6/h3-4H,2H2,1H3. The number of esters is 1. The number of fused-ring (bicyclic) bond motifs is 1. The molecule has 1 heterocycles. The Morgan fingerprint density at radius 1 is 1.37 bits per heavy atom. The molecule has 0 N–H and O–H groups in total. The number of halogens is 3. The number of Topliss-reactive ketones (excluding diaryl/α,β-unsaturated/α-hetero) is 1. The van der Waals surface area contributed by atoms with Crippen molar-refractivity contribution in [3.63, 3.8) is 0 Å². The second-order valence-electron chi connectivity index (χ2n) is 3.47. The molecule has 0 amide bonds. The normalized spacial score (nSPS) is 15.2. The summed E-state index contributed by atoms with van der Waals surface area (Å²) in [5, 5.41) is -0.210. The summed E-state index contributed by atoms with van der Waals surface area (Å²) in [7, 11) is 0. The van der Waals surface area contributed by atoms with Gasteiger partial charge in [0.2, 0.25) is 0 Å². The summed E-state index contributed by atoms with van der Waals surface area (Å²) in [5.74, 6) is -3.33. The highest BCUT2D eigenvalue weighted by atomic mass is 35.5. The van der Waals surface area contributed by atoms with Crippen LogP contribution in [0.3, 0.4) is 0 Å². The molecule has 102 valence electrons. The maximum Gasteiger partial charge on any atom is 0.586 e. The van der Waals surface area contributed by atoms with E-state index < -0.39 is 29.4 Å². The Kier molecular flexibility index (Phi) is 3.32.